The highest BCUT2D eigenvalue weighted by molar-refractivity contribution is 8.00. The van der Waals surface area contributed by atoms with Gasteiger partial charge in [0, 0.05) is 12.5 Å². The van der Waals surface area contributed by atoms with E-state index >= 15 is 0 Å². The van der Waals surface area contributed by atoms with Gasteiger partial charge >= 0.3 is 0 Å². The van der Waals surface area contributed by atoms with Crippen LogP contribution in [0.3, 0.4) is 0 Å². The van der Waals surface area contributed by atoms with Gasteiger partial charge in [0.1, 0.15) is 10.8 Å². The molecule has 2 aromatic carbocycles. The molecule has 3 aromatic rings. The summed E-state index contributed by atoms with van der Waals surface area (Å²) in [4.78, 5) is 29.8. The molecular formula is C17H10F2N2O3S. The lowest BCUT2D eigenvalue weighted by atomic mass is 10.3. The summed E-state index contributed by atoms with van der Waals surface area (Å²) in [5.74, 6) is -3.15. The van der Waals surface area contributed by atoms with Crippen LogP contribution in [-0.4, -0.2) is 22.0 Å². The van der Waals surface area contributed by atoms with Crippen molar-refractivity contribution in [3.05, 3.63) is 54.1 Å². The lowest BCUT2D eigenvalue weighted by molar-refractivity contribution is -0.121. The van der Waals surface area contributed by atoms with Gasteiger partial charge in [-0.1, -0.05) is 23.9 Å². The van der Waals surface area contributed by atoms with Crippen molar-refractivity contribution in [2.24, 2.45) is 0 Å². The Labute approximate surface area is 144 Å². The van der Waals surface area contributed by atoms with E-state index in [4.69, 9.17) is 4.42 Å². The number of hydrogen-bond acceptors (Lipinski definition) is 5. The number of benzene rings is 2. The maximum absolute atomic E-state index is 13.4. The normalized spacial score (nSPS) is 17.7. The predicted octanol–water partition coefficient (Wildman–Crippen LogP) is 3.53. The number of oxazole rings is 1. The molecule has 1 aromatic heterocycles. The minimum Gasteiger partial charge on any atom is -0.431 e. The van der Waals surface area contributed by atoms with Gasteiger partial charge in [-0.05, 0) is 24.3 Å². The van der Waals surface area contributed by atoms with E-state index in [0.717, 1.165) is 28.8 Å². The van der Waals surface area contributed by atoms with Gasteiger partial charge in [0.05, 0.1) is 5.69 Å². The second kappa shape index (κ2) is 5.96. The summed E-state index contributed by atoms with van der Waals surface area (Å²) in [5, 5.41) is -0.451. The molecule has 1 fully saturated rings. The van der Waals surface area contributed by atoms with E-state index in [-0.39, 0.29) is 17.3 Å². The molecule has 1 aliphatic rings. The van der Waals surface area contributed by atoms with Gasteiger partial charge in [0.2, 0.25) is 11.8 Å². The average Bonchev–Trinajstić information content (AvgIpc) is 3.11. The van der Waals surface area contributed by atoms with E-state index in [9.17, 15) is 18.4 Å². The molecule has 2 amide bonds. The van der Waals surface area contributed by atoms with Gasteiger partial charge < -0.3 is 4.42 Å². The van der Waals surface area contributed by atoms with Gasteiger partial charge in [-0.15, -0.1) is 0 Å². The van der Waals surface area contributed by atoms with Crippen molar-refractivity contribution < 1.29 is 22.8 Å². The zero-order valence-corrected chi connectivity index (χ0v) is 13.4. The highest BCUT2D eigenvalue weighted by Gasteiger charge is 2.41. The van der Waals surface area contributed by atoms with Gasteiger partial charge in [-0.3, -0.25) is 9.59 Å². The fourth-order valence-electron chi connectivity index (χ4n) is 2.61. The number of thioether (sulfide) groups is 1. The zero-order valence-electron chi connectivity index (χ0n) is 12.6. The molecule has 2 heterocycles. The topological polar surface area (TPSA) is 63.4 Å². The SMILES string of the molecule is O=C1C[C@H](Sc2nc3ccccc3o2)C(=O)N1c1ccc(F)c(F)c1. The van der Waals surface area contributed by atoms with Crippen LogP contribution in [0.1, 0.15) is 6.42 Å². The van der Waals surface area contributed by atoms with E-state index in [1.165, 1.54) is 6.07 Å². The molecule has 0 bridgehead atoms. The summed E-state index contributed by atoms with van der Waals surface area (Å²) >= 11 is 1.04. The van der Waals surface area contributed by atoms with Crippen LogP contribution in [0, 0.1) is 11.6 Å². The quantitative estimate of drug-likeness (QED) is 0.669. The average molecular weight is 360 g/mol. The number of halogens is 2. The number of hydrogen-bond donors (Lipinski definition) is 0. The van der Waals surface area contributed by atoms with E-state index in [2.05, 4.69) is 4.98 Å². The standard InChI is InChI=1S/C17H10F2N2O3S/c18-10-6-5-9(7-11(10)19)21-15(22)8-14(16(21)23)25-17-20-12-3-1-2-4-13(12)24-17/h1-7,14H,8H2/t14-/m0/s1. The Morgan fingerprint density at radius 2 is 1.92 bits per heavy atom. The second-order valence-electron chi connectivity index (χ2n) is 5.42. The Morgan fingerprint density at radius 3 is 2.68 bits per heavy atom. The minimum absolute atomic E-state index is 0.00886. The van der Waals surface area contributed by atoms with Crippen LogP contribution in [0.4, 0.5) is 14.5 Å². The van der Waals surface area contributed by atoms with Crippen molar-refractivity contribution in [2.45, 2.75) is 16.9 Å². The molecule has 1 aliphatic heterocycles. The first kappa shape index (κ1) is 15.8. The van der Waals surface area contributed by atoms with Gasteiger partial charge in [0.25, 0.3) is 5.22 Å². The molecule has 0 saturated carbocycles. The molecule has 1 saturated heterocycles. The van der Waals surface area contributed by atoms with Gasteiger partial charge in [0.15, 0.2) is 17.2 Å². The summed E-state index contributed by atoms with van der Waals surface area (Å²) < 4.78 is 32.0. The summed E-state index contributed by atoms with van der Waals surface area (Å²) in [7, 11) is 0. The number of amides is 2. The summed E-state index contributed by atoms with van der Waals surface area (Å²) in [5.41, 5.74) is 1.24. The minimum atomic E-state index is -1.12. The van der Waals surface area contributed by atoms with Gasteiger partial charge in [-0.2, -0.15) is 0 Å². The predicted molar refractivity (Wildman–Crippen MR) is 87.1 cm³/mol. The number of anilines is 1. The molecule has 0 spiro atoms. The van der Waals surface area contributed by atoms with E-state index in [0.29, 0.717) is 11.1 Å². The zero-order chi connectivity index (χ0) is 17.6. The van der Waals surface area contributed by atoms with Crippen molar-refractivity contribution in [3.8, 4) is 0 Å². The highest BCUT2D eigenvalue weighted by Crippen LogP contribution is 2.35. The number of carbonyl (C=O) groups is 2. The van der Waals surface area contributed by atoms with Gasteiger partial charge in [-0.25, -0.2) is 18.7 Å². The molecule has 25 heavy (non-hydrogen) atoms. The number of fused-ring (bicyclic) bond motifs is 1. The third-order valence-corrected chi connectivity index (χ3v) is 4.81. The van der Waals surface area contributed by atoms with Crippen LogP contribution in [0.25, 0.3) is 11.1 Å². The van der Waals surface area contributed by atoms with Crippen LogP contribution >= 0.6 is 11.8 Å². The number of rotatable bonds is 3. The fourth-order valence-corrected chi connectivity index (χ4v) is 3.58. The summed E-state index contributed by atoms with van der Waals surface area (Å²) in [6.07, 6.45) is -0.0682. The monoisotopic (exact) mass is 360 g/mol. The molecule has 0 radical (unpaired) electrons. The van der Waals surface area contributed by atoms with Crippen molar-refractivity contribution in [3.63, 3.8) is 0 Å². The molecule has 5 nitrogen and oxygen atoms in total. The van der Waals surface area contributed by atoms with Crippen LogP contribution in [0.2, 0.25) is 0 Å². The highest BCUT2D eigenvalue weighted by atomic mass is 32.2. The van der Waals surface area contributed by atoms with Crippen LogP contribution in [0.15, 0.2) is 52.1 Å². The fraction of sp³-hybridized carbons (Fsp3) is 0.118. The Hall–Kier alpha value is -2.74. The van der Waals surface area contributed by atoms with Crippen LogP contribution in [0.5, 0.6) is 0 Å². The maximum Gasteiger partial charge on any atom is 0.257 e. The van der Waals surface area contributed by atoms with E-state index < -0.39 is 28.7 Å². The summed E-state index contributed by atoms with van der Waals surface area (Å²) in [6.45, 7) is 0. The van der Waals surface area contributed by atoms with Crippen molar-refractivity contribution in [1.82, 2.24) is 4.98 Å². The van der Waals surface area contributed by atoms with Crippen molar-refractivity contribution in [2.75, 3.05) is 4.90 Å². The molecule has 126 valence electrons. The number of nitrogens with zero attached hydrogens (tertiary/aromatic N) is 2. The first-order valence-corrected chi connectivity index (χ1v) is 8.25. The van der Waals surface area contributed by atoms with E-state index in [1.54, 1.807) is 18.2 Å². The van der Waals surface area contributed by atoms with Crippen LogP contribution in [-0.2, 0) is 9.59 Å². The lowest BCUT2D eigenvalue weighted by Crippen LogP contribution is -2.31. The second-order valence-corrected chi connectivity index (χ2v) is 6.58. The maximum atomic E-state index is 13.4. The molecule has 8 heteroatoms. The molecular weight excluding hydrogens is 350 g/mol. The number of imide groups is 1. The van der Waals surface area contributed by atoms with Crippen molar-refractivity contribution in [1.29, 1.82) is 0 Å². The Bertz CT molecular complexity index is 971. The third kappa shape index (κ3) is 2.78. The van der Waals surface area contributed by atoms with E-state index in [1.807, 2.05) is 6.07 Å². The molecule has 1 atom stereocenters. The number of aromatic nitrogens is 1. The smallest absolute Gasteiger partial charge is 0.257 e. The Kier molecular flexibility index (Phi) is 3.76. The number of para-hydroxylation sites is 2. The third-order valence-electron chi connectivity index (χ3n) is 3.78. The molecule has 0 aliphatic carbocycles. The Morgan fingerprint density at radius 1 is 1.12 bits per heavy atom. The molecule has 0 unspecified atom stereocenters. The lowest BCUT2D eigenvalue weighted by Gasteiger charge is -2.14. The number of carbonyl (C=O) groups excluding carboxylic acids is 2. The largest absolute Gasteiger partial charge is 0.431 e. The first-order valence-electron chi connectivity index (χ1n) is 7.37. The van der Waals surface area contributed by atoms with Crippen LogP contribution < -0.4 is 4.90 Å². The molecule has 4 rings (SSSR count). The molecule has 0 N–H and O–H groups in total. The Balaban J connectivity index is 1.59. The van der Waals surface area contributed by atoms with Crippen molar-refractivity contribution >= 4 is 40.4 Å². The summed E-state index contributed by atoms with van der Waals surface area (Å²) in [6, 6.07) is 10.1. The first-order chi connectivity index (χ1) is 12.0.